The molecular formula is C8H19N2P. The van der Waals surface area contributed by atoms with Crippen LogP contribution in [0.2, 0.25) is 0 Å². The molecule has 3 heteroatoms. The van der Waals surface area contributed by atoms with Crippen LogP contribution in [0.25, 0.3) is 0 Å². The van der Waals surface area contributed by atoms with E-state index in [0.29, 0.717) is 0 Å². The zero-order valence-electron chi connectivity index (χ0n) is 7.18. The molecule has 1 atom stereocenters. The first-order valence-electron chi connectivity index (χ1n) is 4.60. The molecule has 1 N–H and O–H groups in total. The summed E-state index contributed by atoms with van der Waals surface area (Å²) in [5.41, 5.74) is 0. The van der Waals surface area contributed by atoms with Crippen molar-refractivity contribution in [3.8, 4) is 0 Å². The molecule has 0 saturated carbocycles. The fourth-order valence-corrected chi connectivity index (χ4v) is 1.73. The van der Waals surface area contributed by atoms with E-state index in [-0.39, 0.29) is 0 Å². The van der Waals surface area contributed by atoms with Crippen molar-refractivity contribution in [1.82, 2.24) is 9.99 Å². The molecule has 2 nitrogen and oxygen atoms in total. The maximum Gasteiger partial charge on any atom is 0.00166 e. The molecule has 1 unspecified atom stereocenters. The van der Waals surface area contributed by atoms with Gasteiger partial charge in [0.15, 0.2) is 0 Å². The predicted octanol–water partition coefficient (Wildman–Crippen LogP) is 1.24. The molecule has 1 saturated heterocycles. The van der Waals surface area contributed by atoms with Crippen LogP contribution in [0.5, 0.6) is 0 Å². The fourth-order valence-electron chi connectivity index (χ4n) is 1.37. The molecule has 1 rings (SSSR count). The summed E-state index contributed by atoms with van der Waals surface area (Å²) in [6.07, 6.45) is 5.31. The van der Waals surface area contributed by atoms with Gasteiger partial charge in [0, 0.05) is 13.1 Å². The second-order valence-electron chi connectivity index (χ2n) is 3.20. The van der Waals surface area contributed by atoms with Gasteiger partial charge in [0.2, 0.25) is 0 Å². The molecule has 66 valence electrons. The summed E-state index contributed by atoms with van der Waals surface area (Å²) in [7, 11) is 2.82. The number of nitrogens with zero attached hydrogens (tertiary/aromatic N) is 1. The van der Waals surface area contributed by atoms with Gasteiger partial charge in [-0.1, -0.05) is 9.39 Å². The van der Waals surface area contributed by atoms with Gasteiger partial charge < -0.3 is 5.32 Å². The van der Waals surface area contributed by atoms with Crippen molar-refractivity contribution in [2.45, 2.75) is 25.7 Å². The van der Waals surface area contributed by atoms with Crippen molar-refractivity contribution in [2.24, 2.45) is 0 Å². The van der Waals surface area contributed by atoms with Gasteiger partial charge in [0.25, 0.3) is 0 Å². The van der Waals surface area contributed by atoms with Crippen LogP contribution in [0.4, 0.5) is 0 Å². The molecule has 1 fully saturated rings. The minimum Gasteiger partial charge on any atom is -0.317 e. The second-order valence-corrected chi connectivity index (χ2v) is 3.93. The Bertz CT molecular complexity index is 88.1. The third kappa shape index (κ3) is 4.73. The van der Waals surface area contributed by atoms with Crippen LogP contribution in [-0.2, 0) is 0 Å². The minimum atomic E-state index is 1.21. The number of hydrogen-bond donors (Lipinski definition) is 1. The molecule has 0 amide bonds. The van der Waals surface area contributed by atoms with E-state index < -0.39 is 0 Å². The van der Waals surface area contributed by atoms with E-state index in [0.717, 1.165) is 0 Å². The van der Waals surface area contributed by atoms with E-state index in [4.69, 9.17) is 0 Å². The molecule has 1 aliphatic rings. The lowest BCUT2D eigenvalue weighted by Crippen LogP contribution is -2.23. The number of nitrogens with one attached hydrogen (secondary N) is 1. The molecule has 0 aromatic heterocycles. The maximum atomic E-state index is 3.44. The molecule has 0 radical (unpaired) electrons. The summed E-state index contributed by atoms with van der Waals surface area (Å²) in [5, 5.41) is 3.44. The summed E-state index contributed by atoms with van der Waals surface area (Å²) in [5.74, 6) is 0. The lowest BCUT2D eigenvalue weighted by atomic mass is 10.2. The Balaban J connectivity index is 2.12. The van der Waals surface area contributed by atoms with Gasteiger partial charge >= 0.3 is 0 Å². The highest BCUT2D eigenvalue weighted by Crippen LogP contribution is 2.05. The SMILES string of the molecule is PN1CCCCNCCCC1. The fraction of sp³-hybridized carbons (Fsp3) is 1.00. The number of rotatable bonds is 0. The predicted molar refractivity (Wildman–Crippen MR) is 52.6 cm³/mol. The van der Waals surface area contributed by atoms with Crippen LogP contribution in [0.1, 0.15) is 25.7 Å². The smallest absolute Gasteiger partial charge is 0.00166 e. The van der Waals surface area contributed by atoms with E-state index in [1.54, 1.807) is 0 Å². The van der Waals surface area contributed by atoms with Gasteiger partial charge in [-0.15, -0.1) is 0 Å². The molecular weight excluding hydrogens is 155 g/mol. The van der Waals surface area contributed by atoms with Crippen molar-refractivity contribution in [3.05, 3.63) is 0 Å². The zero-order valence-corrected chi connectivity index (χ0v) is 8.34. The van der Waals surface area contributed by atoms with Crippen molar-refractivity contribution in [2.75, 3.05) is 26.2 Å². The van der Waals surface area contributed by atoms with Gasteiger partial charge in [-0.2, -0.15) is 0 Å². The lowest BCUT2D eigenvalue weighted by molar-refractivity contribution is 0.413. The molecule has 0 bridgehead atoms. The summed E-state index contributed by atoms with van der Waals surface area (Å²) in [6, 6.07) is 0. The highest BCUT2D eigenvalue weighted by atomic mass is 31.0. The highest BCUT2D eigenvalue weighted by molar-refractivity contribution is 7.13. The van der Waals surface area contributed by atoms with E-state index in [1.165, 1.54) is 51.9 Å². The average Bonchev–Trinajstić information content (AvgIpc) is 2.03. The van der Waals surface area contributed by atoms with Crippen LogP contribution in [0, 0.1) is 0 Å². The van der Waals surface area contributed by atoms with Gasteiger partial charge in [-0.25, -0.2) is 0 Å². The molecule has 0 spiro atoms. The Labute approximate surface area is 72.0 Å². The Morgan fingerprint density at radius 3 is 2.00 bits per heavy atom. The van der Waals surface area contributed by atoms with Crippen molar-refractivity contribution in [3.63, 3.8) is 0 Å². The number of hydrogen-bond acceptors (Lipinski definition) is 2. The van der Waals surface area contributed by atoms with E-state index in [9.17, 15) is 0 Å². The van der Waals surface area contributed by atoms with Crippen LogP contribution < -0.4 is 5.32 Å². The van der Waals surface area contributed by atoms with Crippen LogP contribution >= 0.6 is 9.39 Å². The summed E-state index contributed by atoms with van der Waals surface area (Å²) >= 11 is 0. The molecule has 11 heavy (non-hydrogen) atoms. The second kappa shape index (κ2) is 5.93. The Morgan fingerprint density at radius 1 is 0.909 bits per heavy atom. The molecule has 1 heterocycles. The Kier molecular flexibility index (Phi) is 5.09. The summed E-state index contributed by atoms with van der Waals surface area (Å²) in [4.78, 5) is 0. The molecule has 0 aliphatic carbocycles. The van der Waals surface area contributed by atoms with Crippen LogP contribution in [-0.4, -0.2) is 30.8 Å². The van der Waals surface area contributed by atoms with Gasteiger partial charge in [0.1, 0.15) is 0 Å². The minimum absolute atomic E-state index is 1.21. The molecule has 0 aromatic carbocycles. The zero-order chi connectivity index (χ0) is 7.94. The third-order valence-electron chi connectivity index (χ3n) is 2.10. The summed E-state index contributed by atoms with van der Waals surface area (Å²) in [6.45, 7) is 4.90. The van der Waals surface area contributed by atoms with Crippen LogP contribution in [0.3, 0.4) is 0 Å². The average molecular weight is 174 g/mol. The third-order valence-corrected chi connectivity index (χ3v) is 2.61. The quantitative estimate of drug-likeness (QED) is 0.556. The first kappa shape index (κ1) is 9.44. The molecule has 0 aromatic rings. The van der Waals surface area contributed by atoms with Gasteiger partial charge in [-0.05, 0) is 38.8 Å². The van der Waals surface area contributed by atoms with Crippen molar-refractivity contribution >= 4 is 9.39 Å². The first-order valence-corrected chi connectivity index (χ1v) is 5.11. The first-order chi connectivity index (χ1) is 5.39. The maximum absolute atomic E-state index is 3.44. The largest absolute Gasteiger partial charge is 0.317 e. The topological polar surface area (TPSA) is 15.3 Å². The Hall–Kier alpha value is 0.350. The van der Waals surface area contributed by atoms with Gasteiger partial charge in [0.05, 0.1) is 0 Å². The van der Waals surface area contributed by atoms with Gasteiger partial charge in [-0.3, -0.25) is 4.67 Å². The lowest BCUT2D eigenvalue weighted by Gasteiger charge is -2.17. The van der Waals surface area contributed by atoms with E-state index in [1.807, 2.05) is 0 Å². The van der Waals surface area contributed by atoms with E-state index in [2.05, 4.69) is 19.4 Å². The summed E-state index contributed by atoms with van der Waals surface area (Å²) < 4.78 is 2.37. The van der Waals surface area contributed by atoms with Crippen molar-refractivity contribution < 1.29 is 0 Å². The van der Waals surface area contributed by atoms with E-state index >= 15 is 0 Å². The monoisotopic (exact) mass is 174 g/mol. The van der Waals surface area contributed by atoms with Crippen molar-refractivity contribution in [1.29, 1.82) is 0 Å². The van der Waals surface area contributed by atoms with Crippen LogP contribution in [0.15, 0.2) is 0 Å². The standard InChI is InChI=1S/C8H19N2P/c11-10-7-3-1-5-9-6-2-4-8-10/h9H,1-8,11H2. The molecule has 1 aliphatic heterocycles. The Morgan fingerprint density at radius 2 is 1.45 bits per heavy atom. The normalized spacial score (nSPS) is 24.8. The highest BCUT2D eigenvalue weighted by Gasteiger charge is 2.00.